The number of rotatable bonds is 2. The van der Waals surface area contributed by atoms with Crippen molar-refractivity contribution in [2.45, 2.75) is 20.0 Å². The highest BCUT2D eigenvalue weighted by Gasteiger charge is 2.12. The summed E-state index contributed by atoms with van der Waals surface area (Å²) in [5.41, 5.74) is 2.08. The molecule has 1 unspecified atom stereocenters. The van der Waals surface area contributed by atoms with E-state index in [2.05, 4.69) is 4.98 Å². The third kappa shape index (κ3) is 1.86. The minimum Gasteiger partial charge on any atom is -0.458 e. The molecule has 0 aliphatic carbocycles. The second-order valence-corrected chi connectivity index (χ2v) is 3.54. The number of ether oxygens (including phenoxy) is 1. The Morgan fingerprint density at radius 2 is 2.13 bits per heavy atom. The summed E-state index contributed by atoms with van der Waals surface area (Å²) >= 11 is 0. The first-order chi connectivity index (χ1) is 7.18. The van der Waals surface area contributed by atoms with Gasteiger partial charge >= 0.3 is 5.97 Å². The Labute approximate surface area is 88.1 Å². The maximum atomic E-state index is 10.9. The highest BCUT2D eigenvalue weighted by molar-refractivity contribution is 5.83. The van der Waals surface area contributed by atoms with E-state index in [9.17, 15) is 4.79 Å². The third-order valence-corrected chi connectivity index (χ3v) is 2.40. The molecule has 0 fully saturated rings. The van der Waals surface area contributed by atoms with Gasteiger partial charge in [-0.2, -0.15) is 0 Å². The summed E-state index contributed by atoms with van der Waals surface area (Å²) in [5.74, 6) is -0.257. The van der Waals surface area contributed by atoms with E-state index in [1.807, 2.05) is 37.4 Å². The van der Waals surface area contributed by atoms with Crippen LogP contribution in [0.15, 0.2) is 30.5 Å². The molecule has 0 radical (unpaired) electrons. The molecule has 0 saturated heterocycles. The Morgan fingerprint density at radius 3 is 2.87 bits per heavy atom. The molecule has 15 heavy (non-hydrogen) atoms. The molecule has 1 N–H and O–H groups in total. The van der Waals surface area contributed by atoms with Crippen LogP contribution in [-0.4, -0.2) is 11.0 Å². The molecule has 1 aromatic carbocycles. The average molecular weight is 203 g/mol. The van der Waals surface area contributed by atoms with Gasteiger partial charge in [-0.05, 0) is 13.0 Å². The van der Waals surface area contributed by atoms with Crippen molar-refractivity contribution in [1.29, 1.82) is 0 Å². The van der Waals surface area contributed by atoms with Crippen molar-refractivity contribution in [3.8, 4) is 0 Å². The van der Waals surface area contributed by atoms with E-state index in [0.29, 0.717) is 0 Å². The van der Waals surface area contributed by atoms with Crippen molar-refractivity contribution in [3.05, 3.63) is 36.0 Å². The van der Waals surface area contributed by atoms with Gasteiger partial charge in [0.05, 0.1) is 0 Å². The van der Waals surface area contributed by atoms with E-state index in [0.717, 1.165) is 16.5 Å². The number of hydrogen-bond donors (Lipinski definition) is 1. The van der Waals surface area contributed by atoms with Crippen molar-refractivity contribution in [2.24, 2.45) is 0 Å². The predicted molar refractivity (Wildman–Crippen MR) is 58.5 cm³/mol. The molecule has 0 amide bonds. The number of hydrogen-bond acceptors (Lipinski definition) is 2. The number of para-hydroxylation sites is 1. The van der Waals surface area contributed by atoms with E-state index in [-0.39, 0.29) is 12.1 Å². The van der Waals surface area contributed by atoms with E-state index in [1.165, 1.54) is 6.92 Å². The lowest BCUT2D eigenvalue weighted by molar-refractivity contribution is -0.145. The summed E-state index contributed by atoms with van der Waals surface area (Å²) in [7, 11) is 0. The first kappa shape index (κ1) is 9.77. The van der Waals surface area contributed by atoms with E-state index >= 15 is 0 Å². The molecule has 0 bridgehead atoms. The summed E-state index contributed by atoms with van der Waals surface area (Å²) in [6.07, 6.45) is 1.68. The second kappa shape index (κ2) is 3.77. The van der Waals surface area contributed by atoms with Crippen molar-refractivity contribution in [1.82, 2.24) is 4.98 Å². The zero-order valence-corrected chi connectivity index (χ0v) is 8.78. The summed E-state index contributed by atoms with van der Waals surface area (Å²) in [6.45, 7) is 3.29. The first-order valence-electron chi connectivity index (χ1n) is 4.91. The van der Waals surface area contributed by atoms with Gasteiger partial charge < -0.3 is 9.72 Å². The zero-order chi connectivity index (χ0) is 10.8. The van der Waals surface area contributed by atoms with Crippen LogP contribution in [0.4, 0.5) is 0 Å². The summed E-state index contributed by atoms with van der Waals surface area (Å²) in [5, 5.41) is 1.10. The Bertz CT molecular complexity index is 487. The van der Waals surface area contributed by atoms with Gasteiger partial charge in [0.25, 0.3) is 0 Å². The number of fused-ring (bicyclic) bond motifs is 1. The van der Waals surface area contributed by atoms with Crippen molar-refractivity contribution in [3.63, 3.8) is 0 Å². The number of H-pyrrole nitrogens is 1. The molecule has 78 valence electrons. The van der Waals surface area contributed by atoms with Crippen LogP contribution >= 0.6 is 0 Å². The van der Waals surface area contributed by atoms with Gasteiger partial charge in [0, 0.05) is 29.6 Å². The van der Waals surface area contributed by atoms with Gasteiger partial charge in [-0.1, -0.05) is 18.2 Å². The summed E-state index contributed by atoms with van der Waals surface area (Å²) in [4.78, 5) is 14.0. The van der Waals surface area contributed by atoms with Crippen LogP contribution in [-0.2, 0) is 9.53 Å². The molecule has 0 spiro atoms. The van der Waals surface area contributed by atoms with Crippen molar-refractivity contribution >= 4 is 16.9 Å². The molecular formula is C12H13NO2. The zero-order valence-electron chi connectivity index (χ0n) is 8.78. The van der Waals surface area contributed by atoms with Gasteiger partial charge in [-0.25, -0.2) is 0 Å². The highest BCUT2D eigenvalue weighted by Crippen LogP contribution is 2.25. The summed E-state index contributed by atoms with van der Waals surface area (Å²) < 4.78 is 5.14. The maximum absolute atomic E-state index is 10.9. The predicted octanol–water partition coefficient (Wildman–Crippen LogP) is 2.79. The highest BCUT2D eigenvalue weighted by atomic mass is 16.5. The smallest absolute Gasteiger partial charge is 0.303 e. The van der Waals surface area contributed by atoms with Crippen molar-refractivity contribution < 1.29 is 9.53 Å². The number of carbonyl (C=O) groups excluding carboxylic acids is 1. The number of carbonyl (C=O) groups is 1. The van der Waals surface area contributed by atoms with Crippen LogP contribution < -0.4 is 0 Å². The van der Waals surface area contributed by atoms with Gasteiger partial charge in [-0.15, -0.1) is 0 Å². The Morgan fingerprint density at radius 1 is 1.40 bits per heavy atom. The molecule has 2 rings (SSSR count). The maximum Gasteiger partial charge on any atom is 0.303 e. The quantitative estimate of drug-likeness (QED) is 0.762. The SMILES string of the molecule is CC(=O)OC(C)c1c[nH]c2ccccc12. The molecule has 1 aromatic heterocycles. The van der Waals surface area contributed by atoms with Crippen molar-refractivity contribution in [2.75, 3.05) is 0 Å². The van der Waals surface area contributed by atoms with E-state index in [1.54, 1.807) is 0 Å². The van der Waals surface area contributed by atoms with Crippen LogP contribution in [0.3, 0.4) is 0 Å². The van der Waals surface area contributed by atoms with Crippen LogP contribution in [0.5, 0.6) is 0 Å². The molecule has 2 aromatic rings. The molecule has 3 nitrogen and oxygen atoms in total. The number of benzene rings is 1. The molecular weight excluding hydrogens is 190 g/mol. The van der Waals surface area contributed by atoms with Gasteiger partial charge in [0.15, 0.2) is 0 Å². The fraction of sp³-hybridized carbons (Fsp3) is 0.250. The number of aromatic amines is 1. The topological polar surface area (TPSA) is 42.1 Å². The largest absolute Gasteiger partial charge is 0.458 e. The Kier molecular flexibility index (Phi) is 2.46. The minimum absolute atomic E-state index is 0.210. The summed E-state index contributed by atoms with van der Waals surface area (Å²) in [6, 6.07) is 7.96. The molecule has 0 aliphatic heterocycles. The lowest BCUT2D eigenvalue weighted by Crippen LogP contribution is -2.03. The molecule has 1 heterocycles. The third-order valence-electron chi connectivity index (χ3n) is 2.40. The van der Waals surface area contributed by atoms with Crippen LogP contribution in [0.25, 0.3) is 10.9 Å². The lowest BCUT2D eigenvalue weighted by Gasteiger charge is -2.10. The lowest BCUT2D eigenvalue weighted by atomic mass is 10.1. The van der Waals surface area contributed by atoms with E-state index < -0.39 is 0 Å². The van der Waals surface area contributed by atoms with Gasteiger partial charge in [0.2, 0.25) is 0 Å². The molecule has 3 heteroatoms. The minimum atomic E-state index is -0.257. The number of esters is 1. The van der Waals surface area contributed by atoms with Gasteiger partial charge in [0.1, 0.15) is 6.10 Å². The van der Waals surface area contributed by atoms with Gasteiger partial charge in [-0.3, -0.25) is 4.79 Å². The molecule has 0 aliphatic rings. The monoisotopic (exact) mass is 203 g/mol. The van der Waals surface area contributed by atoms with Crippen LogP contribution in [0, 0.1) is 0 Å². The number of nitrogens with one attached hydrogen (secondary N) is 1. The standard InChI is InChI=1S/C12H13NO2/c1-8(15-9(2)14)11-7-13-12-6-4-3-5-10(11)12/h3-8,13H,1-2H3. The Balaban J connectivity index is 2.39. The second-order valence-electron chi connectivity index (χ2n) is 3.54. The molecule has 0 saturated carbocycles. The fourth-order valence-corrected chi connectivity index (χ4v) is 1.74. The van der Waals surface area contributed by atoms with Crippen LogP contribution in [0.2, 0.25) is 0 Å². The average Bonchev–Trinajstić information content (AvgIpc) is 2.59. The first-order valence-corrected chi connectivity index (χ1v) is 4.91. The normalized spacial score (nSPS) is 12.7. The number of aromatic nitrogens is 1. The Hall–Kier alpha value is -1.77. The fourth-order valence-electron chi connectivity index (χ4n) is 1.74. The van der Waals surface area contributed by atoms with E-state index in [4.69, 9.17) is 4.74 Å². The van der Waals surface area contributed by atoms with Crippen LogP contribution in [0.1, 0.15) is 25.5 Å². The molecule has 1 atom stereocenters.